The molecule has 3 heterocycles. The summed E-state index contributed by atoms with van der Waals surface area (Å²) in [5, 5.41) is 28.1. The number of nitrogens with two attached hydrogens (primary N) is 1. The van der Waals surface area contributed by atoms with E-state index in [1.807, 2.05) is 0 Å². The van der Waals surface area contributed by atoms with Crippen molar-refractivity contribution in [2.75, 3.05) is 19.0 Å². The second-order valence-corrected chi connectivity index (χ2v) is 10.2. The number of halogens is 1. The molecule has 5 N–H and O–H groups in total. The van der Waals surface area contributed by atoms with Crippen molar-refractivity contribution in [3.63, 3.8) is 0 Å². The zero-order valence-electron chi connectivity index (χ0n) is 23.2. The third kappa shape index (κ3) is 6.77. The number of carbonyl (C=O) groups excluding carboxylic acids is 2. The second-order valence-electron chi connectivity index (χ2n) is 9.76. The molecule has 0 spiro atoms. The van der Waals surface area contributed by atoms with Crippen molar-refractivity contribution in [3.8, 4) is 22.9 Å². The summed E-state index contributed by atoms with van der Waals surface area (Å²) in [7, 11) is 1.40. The Hall–Kier alpha value is -5.35. The minimum absolute atomic E-state index is 0.157. The standard InChI is InChI=1S/C29H28ClN7O6/c1-16(4-3-8-33-29(41)42)26(28(40)35-19-7-9-37-23(11-19)22(14-34-37)27(32)39)36-15-24(43-2)21(12-25(36)38)20-10-18(30)6-5-17(20)13-31/h5-7,9-12,14-16,26,33H,3-4,8H2,1-2H3,(H2,32,39)(H,35,40)(H,41,42). The number of nitriles is 1. The van der Waals surface area contributed by atoms with E-state index < -0.39 is 35.4 Å². The van der Waals surface area contributed by atoms with Crippen LogP contribution in [-0.2, 0) is 4.79 Å². The number of ether oxygens (including phenoxy) is 1. The van der Waals surface area contributed by atoms with Crippen LogP contribution >= 0.6 is 11.6 Å². The third-order valence-corrected chi connectivity index (χ3v) is 7.17. The maximum Gasteiger partial charge on any atom is 0.404 e. The lowest BCUT2D eigenvalue weighted by atomic mass is 9.94. The Kier molecular flexibility index (Phi) is 9.32. The van der Waals surface area contributed by atoms with Crippen molar-refractivity contribution in [1.82, 2.24) is 19.5 Å². The molecule has 0 bridgehead atoms. The van der Waals surface area contributed by atoms with Gasteiger partial charge in [-0.1, -0.05) is 18.5 Å². The van der Waals surface area contributed by atoms with Gasteiger partial charge in [0.15, 0.2) is 0 Å². The number of nitrogens with zero attached hydrogens (tertiary/aromatic N) is 4. The number of methoxy groups -OCH3 is 1. The largest absolute Gasteiger partial charge is 0.495 e. The number of fused-ring (bicyclic) bond motifs is 1. The van der Waals surface area contributed by atoms with E-state index in [1.165, 1.54) is 40.7 Å². The molecular formula is C29H28ClN7O6. The molecule has 14 heteroatoms. The van der Waals surface area contributed by atoms with Crippen LogP contribution in [0.3, 0.4) is 0 Å². The fourth-order valence-corrected chi connectivity index (χ4v) is 5.03. The summed E-state index contributed by atoms with van der Waals surface area (Å²) in [6.07, 6.45) is 3.90. The van der Waals surface area contributed by atoms with E-state index in [9.17, 15) is 24.4 Å². The van der Waals surface area contributed by atoms with Crippen LogP contribution in [-0.4, -0.2) is 50.8 Å². The van der Waals surface area contributed by atoms with Crippen molar-refractivity contribution in [3.05, 3.63) is 81.5 Å². The number of nitrogens with one attached hydrogen (secondary N) is 2. The summed E-state index contributed by atoms with van der Waals surface area (Å²) in [4.78, 5) is 50.1. The Morgan fingerprint density at radius 3 is 2.65 bits per heavy atom. The van der Waals surface area contributed by atoms with Crippen LogP contribution in [0.4, 0.5) is 10.5 Å². The van der Waals surface area contributed by atoms with Gasteiger partial charge in [0.1, 0.15) is 11.8 Å². The van der Waals surface area contributed by atoms with Crippen LogP contribution in [0.15, 0.2) is 59.8 Å². The minimum atomic E-state index is -1.16. The molecule has 1 aromatic carbocycles. The van der Waals surface area contributed by atoms with E-state index in [0.29, 0.717) is 40.2 Å². The zero-order chi connectivity index (χ0) is 31.3. The molecule has 0 saturated heterocycles. The SMILES string of the molecule is COc1cn(C(C(=O)Nc2ccn3ncc(C(N)=O)c3c2)C(C)CCCNC(=O)O)c(=O)cc1-c1cc(Cl)ccc1C#N. The topological polar surface area (TPSA) is 194 Å². The van der Waals surface area contributed by atoms with E-state index in [4.69, 9.17) is 27.2 Å². The average molecular weight is 606 g/mol. The highest BCUT2D eigenvalue weighted by molar-refractivity contribution is 6.31. The number of aromatic nitrogens is 3. The summed E-state index contributed by atoms with van der Waals surface area (Å²) in [6.45, 7) is 1.93. The van der Waals surface area contributed by atoms with Gasteiger partial charge in [-0.25, -0.2) is 9.31 Å². The van der Waals surface area contributed by atoms with Gasteiger partial charge < -0.3 is 26.2 Å². The van der Waals surface area contributed by atoms with Crippen LogP contribution in [0.25, 0.3) is 16.6 Å². The van der Waals surface area contributed by atoms with Crippen LogP contribution in [0.2, 0.25) is 5.02 Å². The van der Waals surface area contributed by atoms with Gasteiger partial charge in [0.25, 0.3) is 11.5 Å². The maximum atomic E-state index is 13.8. The highest BCUT2D eigenvalue weighted by atomic mass is 35.5. The van der Waals surface area contributed by atoms with E-state index >= 15 is 0 Å². The quantitative estimate of drug-likeness (QED) is 0.186. The van der Waals surface area contributed by atoms with E-state index in [0.717, 1.165) is 0 Å². The van der Waals surface area contributed by atoms with Gasteiger partial charge in [-0.3, -0.25) is 19.0 Å². The number of hydrogen-bond donors (Lipinski definition) is 4. The van der Waals surface area contributed by atoms with Crippen LogP contribution in [0, 0.1) is 17.2 Å². The molecule has 13 nitrogen and oxygen atoms in total. The first-order valence-electron chi connectivity index (χ1n) is 13.1. The number of rotatable bonds is 11. The molecule has 2 atom stereocenters. The highest BCUT2D eigenvalue weighted by Gasteiger charge is 2.29. The third-order valence-electron chi connectivity index (χ3n) is 6.93. The Balaban J connectivity index is 1.75. The summed E-state index contributed by atoms with van der Waals surface area (Å²) >= 11 is 6.18. The molecule has 222 valence electrons. The summed E-state index contributed by atoms with van der Waals surface area (Å²) in [5.41, 5.74) is 6.78. The second kappa shape index (κ2) is 13.1. The van der Waals surface area contributed by atoms with Gasteiger partial charge in [0.2, 0.25) is 5.91 Å². The van der Waals surface area contributed by atoms with Gasteiger partial charge in [0.05, 0.1) is 42.2 Å². The van der Waals surface area contributed by atoms with Gasteiger partial charge in [-0.2, -0.15) is 10.4 Å². The molecule has 2 unspecified atom stereocenters. The van der Waals surface area contributed by atoms with Crippen LogP contribution in [0.5, 0.6) is 5.75 Å². The molecule has 3 aromatic heterocycles. The molecule has 43 heavy (non-hydrogen) atoms. The first-order chi connectivity index (χ1) is 20.5. The van der Waals surface area contributed by atoms with E-state index in [1.54, 1.807) is 37.4 Å². The summed E-state index contributed by atoms with van der Waals surface area (Å²) in [6, 6.07) is 10.1. The molecule has 0 fully saturated rings. The molecule has 3 amide bonds. The number of pyridine rings is 2. The predicted octanol–water partition coefficient (Wildman–Crippen LogP) is 3.66. The fraction of sp³-hybridized carbons (Fsp3) is 0.241. The Morgan fingerprint density at radius 2 is 1.98 bits per heavy atom. The maximum absolute atomic E-state index is 13.8. The van der Waals surface area contributed by atoms with E-state index in [2.05, 4.69) is 21.8 Å². The lowest BCUT2D eigenvalue weighted by molar-refractivity contribution is -0.120. The van der Waals surface area contributed by atoms with Gasteiger partial charge in [-0.05, 0) is 49.1 Å². The first-order valence-corrected chi connectivity index (χ1v) is 13.5. The Bertz CT molecular complexity index is 1810. The number of hydrogen-bond acceptors (Lipinski definition) is 7. The lowest BCUT2D eigenvalue weighted by Gasteiger charge is -2.26. The zero-order valence-corrected chi connectivity index (χ0v) is 24.0. The van der Waals surface area contributed by atoms with Gasteiger partial charge in [-0.15, -0.1) is 0 Å². The fourth-order valence-electron chi connectivity index (χ4n) is 4.86. The van der Waals surface area contributed by atoms with Crippen molar-refractivity contribution >= 4 is 40.7 Å². The number of primary amides is 1. The number of anilines is 1. The number of carbonyl (C=O) groups is 3. The molecule has 4 rings (SSSR count). The van der Waals surface area contributed by atoms with Crippen molar-refractivity contribution < 1.29 is 24.2 Å². The minimum Gasteiger partial charge on any atom is -0.495 e. The van der Waals surface area contributed by atoms with Crippen LogP contribution < -0.4 is 26.7 Å². The average Bonchev–Trinajstić information content (AvgIpc) is 3.39. The van der Waals surface area contributed by atoms with Gasteiger partial charge >= 0.3 is 6.09 Å². The summed E-state index contributed by atoms with van der Waals surface area (Å²) in [5.74, 6) is -1.45. The Labute approximate surface area is 250 Å². The monoisotopic (exact) mass is 605 g/mol. The normalized spacial score (nSPS) is 12.2. The molecule has 0 aliphatic heterocycles. The molecule has 4 aromatic rings. The molecule has 0 aliphatic carbocycles. The number of carboxylic acid groups (broad SMARTS) is 1. The van der Waals surface area contributed by atoms with Crippen LogP contribution in [0.1, 0.15) is 41.7 Å². The molecule has 0 radical (unpaired) electrons. The first kappa shape index (κ1) is 30.6. The van der Waals surface area contributed by atoms with Crippen molar-refractivity contribution in [2.45, 2.75) is 25.8 Å². The van der Waals surface area contributed by atoms with E-state index in [-0.39, 0.29) is 23.4 Å². The Morgan fingerprint density at radius 1 is 1.21 bits per heavy atom. The molecular weight excluding hydrogens is 578 g/mol. The predicted molar refractivity (Wildman–Crippen MR) is 158 cm³/mol. The van der Waals surface area contributed by atoms with Crippen molar-refractivity contribution in [2.24, 2.45) is 11.7 Å². The van der Waals surface area contributed by atoms with Crippen molar-refractivity contribution in [1.29, 1.82) is 5.26 Å². The highest BCUT2D eigenvalue weighted by Crippen LogP contribution is 2.34. The smallest absolute Gasteiger partial charge is 0.404 e. The molecule has 0 saturated carbocycles. The number of benzene rings is 1. The summed E-state index contributed by atoms with van der Waals surface area (Å²) < 4.78 is 8.27. The van der Waals surface area contributed by atoms with Gasteiger partial charge in [0, 0.05) is 40.6 Å². The lowest BCUT2D eigenvalue weighted by Crippen LogP contribution is -2.37. The molecule has 0 aliphatic rings. The number of amides is 3.